The van der Waals surface area contributed by atoms with Gasteiger partial charge < -0.3 is 14.4 Å². The van der Waals surface area contributed by atoms with Crippen molar-refractivity contribution in [3.8, 4) is 0 Å². The Morgan fingerprint density at radius 3 is 1.62 bits per heavy atom. The second-order valence-electron chi connectivity index (χ2n) is 5.85. The smallest absolute Gasteiger partial charge is 0.319 e. The van der Waals surface area contributed by atoms with Crippen LogP contribution < -0.4 is 5.32 Å². The minimum atomic E-state index is -3.04. The molecule has 0 aromatic heterocycles. The lowest BCUT2D eigenvalue weighted by atomic mass is 10.2. The highest BCUT2D eigenvalue weighted by atomic mass is 31.2. The molecule has 0 heterocycles. The average molecular weight is 251 g/mol. The minimum absolute atomic E-state index is 0.387. The van der Waals surface area contributed by atoms with Crippen LogP contribution in [0.15, 0.2) is 0 Å². The molecule has 0 bridgehead atoms. The predicted molar refractivity (Wildman–Crippen MR) is 68.1 cm³/mol. The summed E-state index contributed by atoms with van der Waals surface area (Å²) in [7, 11) is -1.22. The van der Waals surface area contributed by atoms with Crippen LogP contribution in [-0.2, 0) is 13.6 Å². The summed E-state index contributed by atoms with van der Waals surface area (Å²) < 4.78 is 23.7. The summed E-state index contributed by atoms with van der Waals surface area (Å²) in [6.07, 6.45) is 0.387. The lowest BCUT2D eigenvalue weighted by Gasteiger charge is -2.32. The number of hydrogen-bond donors (Lipinski definition) is 1. The molecule has 5 heteroatoms. The van der Waals surface area contributed by atoms with Gasteiger partial charge in [-0.3, -0.25) is 4.57 Å². The van der Waals surface area contributed by atoms with Crippen LogP contribution in [0.1, 0.15) is 41.5 Å². The van der Waals surface area contributed by atoms with Crippen LogP contribution in [0.3, 0.4) is 0 Å². The maximum absolute atomic E-state index is 12.5. The molecule has 0 spiro atoms. The molecule has 0 saturated heterocycles. The van der Waals surface area contributed by atoms with Gasteiger partial charge in [0.2, 0.25) is 0 Å². The van der Waals surface area contributed by atoms with Crippen LogP contribution in [0.5, 0.6) is 0 Å². The van der Waals surface area contributed by atoms with E-state index in [0.29, 0.717) is 12.7 Å². The molecule has 1 N–H and O–H groups in total. The van der Waals surface area contributed by atoms with E-state index in [2.05, 4.69) is 5.32 Å². The molecular weight excluding hydrogens is 225 g/mol. The van der Waals surface area contributed by atoms with Crippen LogP contribution >= 0.6 is 7.60 Å². The van der Waals surface area contributed by atoms with E-state index >= 15 is 0 Å². The number of rotatable bonds is 5. The first-order valence-electron chi connectivity index (χ1n) is 5.63. The van der Waals surface area contributed by atoms with E-state index in [1.165, 1.54) is 0 Å². The second kappa shape index (κ2) is 5.63. The summed E-state index contributed by atoms with van der Waals surface area (Å²) in [5.41, 5.74) is -0.928. The topological polar surface area (TPSA) is 47.6 Å². The van der Waals surface area contributed by atoms with Gasteiger partial charge in [-0.1, -0.05) is 0 Å². The van der Waals surface area contributed by atoms with Crippen LogP contribution in [0.25, 0.3) is 0 Å². The number of hydrogen-bond acceptors (Lipinski definition) is 4. The summed E-state index contributed by atoms with van der Waals surface area (Å²) >= 11 is 0. The fourth-order valence-electron chi connectivity index (χ4n) is 1.19. The fraction of sp³-hybridized carbons (Fsp3) is 1.00. The van der Waals surface area contributed by atoms with E-state index in [1.807, 2.05) is 48.6 Å². The third-order valence-corrected chi connectivity index (χ3v) is 3.88. The van der Waals surface area contributed by atoms with E-state index in [0.717, 1.165) is 0 Å². The van der Waals surface area contributed by atoms with Crippen LogP contribution in [0.2, 0.25) is 0 Å². The first-order valence-corrected chi connectivity index (χ1v) is 7.35. The Hall–Kier alpha value is 0.110. The molecule has 0 saturated carbocycles. The zero-order valence-electron chi connectivity index (χ0n) is 11.6. The lowest BCUT2D eigenvalue weighted by Crippen LogP contribution is -2.27. The van der Waals surface area contributed by atoms with Gasteiger partial charge in [-0.25, -0.2) is 0 Å². The van der Waals surface area contributed by atoms with Gasteiger partial charge in [-0.2, -0.15) is 0 Å². The Labute approximate surface area is 99.6 Å². The molecule has 0 atom stereocenters. The van der Waals surface area contributed by atoms with E-state index in [1.54, 1.807) is 0 Å². The molecule has 98 valence electrons. The third-order valence-electron chi connectivity index (χ3n) is 1.46. The predicted octanol–water partition coefficient (Wildman–Crippen LogP) is 3.03. The standard InChI is InChI=1S/C11H26NO3P/c1-10(2,3)14-16(13,9-8-12-7)15-11(4,5)6/h12H,8-9H2,1-7H3. The highest BCUT2D eigenvalue weighted by molar-refractivity contribution is 7.53. The largest absolute Gasteiger partial charge is 0.332 e. The zero-order valence-corrected chi connectivity index (χ0v) is 12.5. The van der Waals surface area contributed by atoms with Gasteiger partial charge in [0.1, 0.15) is 0 Å². The van der Waals surface area contributed by atoms with E-state index < -0.39 is 18.8 Å². The van der Waals surface area contributed by atoms with Crippen molar-refractivity contribution in [3.63, 3.8) is 0 Å². The van der Waals surface area contributed by atoms with Gasteiger partial charge in [0, 0.05) is 6.54 Å². The van der Waals surface area contributed by atoms with Crippen LogP contribution in [0, 0.1) is 0 Å². The molecule has 16 heavy (non-hydrogen) atoms. The molecule has 4 nitrogen and oxygen atoms in total. The molecule has 0 fully saturated rings. The van der Waals surface area contributed by atoms with Crippen molar-refractivity contribution < 1.29 is 13.6 Å². The first kappa shape index (κ1) is 16.1. The lowest BCUT2D eigenvalue weighted by molar-refractivity contribution is 0.0494. The first-order chi connectivity index (χ1) is 6.97. The van der Waals surface area contributed by atoms with Crippen molar-refractivity contribution in [1.82, 2.24) is 5.32 Å². The van der Waals surface area contributed by atoms with Crippen molar-refractivity contribution in [2.45, 2.75) is 52.7 Å². The Balaban J connectivity index is 4.69. The molecule has 0 rings (SSSR count). The minimum Gasteiger partial charge on any atom is -0.319 e. The Morgan fingerprint density at radius 1 is 1.00 bits per heavy atom. The van der Waals surface area contributed by atoms with Gasteiger partial charge in [-0.05, 0) is 48.6 Å². The molecule has 0 amide bonds. The summed E-state index contributed by atoms with van der Waals surface area (Å²) in [6.45, 7) is 11.9. The Morgan fingerprint density at radius 2 is 1.38 bits per heavy atom. The molecule has 0 aliphatic carbocycles. The zero-order chi connectivity index (χ0) is 13.0. The van der Waals surface area contributed by atoms with Crippen molar-refractivity contribution in [3.05, 3.63) is 0 Å². The maximum Gasteiger partial charge on any atom is 0.332 e. The SMILES string of the molecule is CNCCP(=O)(OC(C)(C)C)OC(C)(C)C. The molecular formula is C11H26NO3P. The average Bonchev–Trinajstić information content (AvgIpc) is 1.93. The number of nitrogens with one attached hydrogen (secondary N) is 1. The third kappa shape index (κ3) is 8.28. The molecule has 0 aliphatic heterocycles. The summed E-state index contributed by atoms with van der Waals surface area (Å²) in [6, 6.07) is 0. The summed E-state index contributed by atoms with van der Waals surface area (Å²) in [5.74, 6) is 0. The van der Waals surface area contributed by atoms with Gasteiger partial charge in [0.15, 0.2) is 0 Å². The highest BCUT2D eigenvalue weighted by Crippen LogP contribution is 2.53. The molecule has 0 aliphatic rings. The van der Waals surface area contributed by atoms with E-state index in [-0.39, 0.29) is 0 Å². The summed E-state index contributed by atoms with van der Waals surface area (Å²) in [4.78, 5) is 0. The van der Waals surface area contributed by atoms with Crippen LogP contribution in [0.4, 0.5) is 0 Å². The monoisotopic (exact) mass is 251 g/mol. The van der Waals surface area contributed by atoms with Gasteiger partial charge in [-0.15, -0.1) is 0 Å². The van der Waals surface area contributed by atoms with E-state index in [9.17, 15) is 4.57 Å². The molecule has 0 radical (unpaired) electrons. The highest BCUT2D eigenvalue weighted by Gasteiger charge is 2.34. The summed E-state index contributed by atoms with van der Waals surface area (Å²) in [5, 5.41) is 2.96. The van der Waals surface area contributed by atoms with Gasteiger partial charge in [0.05, 0.1) is 17.4 Å². The maximum atomic E-state index is 12.5. The quantitative estimate of drug-likeness (QED) is 0.763. The van der Waals surface area contributed by atoms with Gasteiger partial charge in [0.25, 0.3) is 0 Å². The fourth-order valence-corrected chi connectivity index (χ4v) is 3.58. The van der Waals surface area contributed by atoms with E-state index in [4.69, 9.17) is 9.05 Å². The van der Waals surface area contributed by atoms with Crippen molar-refractivity contribution >= 4 is 7.60 Å². The van der Waals surface area contributed by atoms with Crippen molar-refractivity contribution in [1.29, 1.82) is 0 Å². The normalized spacial score (nSPS) is 14.2. The second-order valence-corrected chi connectivity index (χ2v) is 7.88. The molecule has 0 aromatic carbocycles. The van der Waals surface area contributed by atoms with Crippen molar-refractivity contribution in [2.24, 2.45) is 0 Å². The van der Waals surface area contributed by atoms with Crippen molar-refractivity contribution in [2.75, 3.05) is 19.8 Å². The van der Waals surface area contributed by atoms with Gasteiger partial charge >= 0.3 is 7.60 Å². The Bertz CT molecular complexity index is 233. The van der Waals surface area contributed by atoms with Crippen LogP contribution in [-0.4, -0.2) is 31.0 Å². The molecule has 0 aromatic rings. The molecule has 0 unspecified atom stereocenters. The Kier molecular flexibility index (Phi) is 5.67.